The largest absolute Gasteiger partial charge is 0.466 e. The lowest BCUT2D eigenvalue weighted by atomic mass is 9.96. The number of likely N-dealkylation sites (tertiary alicyclic amines) is 1. The zero-order chi connectivity index (χ0) is 18.8. The number of aryl methyl sites for hydroxylation is 3. The van der Waals surface area contributed by atoms with Crippen molar-refractivity contribution >= 4 is 22.8 Å². The summed E-state index contributed by atoms with van der Waals surface area (Å²) in [6.07, 6.45) is 3.62. The standard InChI is InChI=1S/C21H27NO4/c1-5-25-21(24)16-7-6-8-22(11-16)18(23)10-17-12-26-20-15(4)13(2)9-14(3)19(17)20/h9,12,16H,5-8,10-11H2,1-4H3. The maximum atomic E-state index is 12.8. The Hall–Kier alpha value is -2.30. The Morgan fingerprint density at radius 2 is 2.04 bits per heavy atom. The molecule has 140 valence electrons. The highest BCUT2D eigenvalue weighted by molar-refractivity contribution is 5.92. The Labute approximate surface area is 154 Å². The van der Waals surface area contributed by atoms with Crippen molar-refractivity contribution in [2.75, 3.05) is 19.7 Å². The highest BCUT2D eigenvalue weighted by atomic mass is 16.5. The third-order valence-corrected chi connectivity index (χ3v) is 5.36. The molecule has 1 unspecified atom stereocenters. The SMILES string of the molecule is CCOC(=O)C1CCCN(C(=O)Cc2coc3c(C)c(C)cc(C)c23)C1. The van der Waals surface area contributed by atoms with Crippen LogP contribution in [0.25, 0.3) is 11.0 Å². The second-order valence-electron chi connectivity index (χ2n) is 7.21. The van der Waals surface area contributed by atoms with E-state index in [1.807, 2.05) is 6.92 Å². The van der Waals surface area contributed by atoms with Crippen LogP contribution in [0.15, 0.2) is 16.7 Å². The molecule has 1 fully saturated rings. The zero-order valence-electron chi connectivity index (χ0n) is 16.1. The van der Waals surface area contributed by atoms with Gasteiger partial charge in [0.2, 0.25) is 5.91 Å². The van der Waals surface area contributed by atoms with Crippen molar-refractivity contribution < 1.29 is 18.7 Å². The molecular formula is C21H27NO4. The first-order chi connectivity index (χ1) is 12.4. The Bertz CT molecular complexity index is 836. The van der Waals surface area contributed by atoms with Gasteiger partial charge >= 0.3 is 5.97 Å². The van der Waals surface area contributed by atoms with Crippen LogP contribution in [0.5, 0.6) is 0 Å². The molecule has 0 N–H and O–H groups in total. The molecule has 1 atom stereocenters. The summed E-state index contributed by atoms with van der Waals surface area (Å²) in [7, 11) is 0. The third-order valence-electron chi connectivity index (χ3n) is 5.36. The van der Waals surface area contributed by atoms with Crippen molar-refractivity contribution in [2.24, 2.45) is 5.92 Å². The van der Waals surface area contributed by atoms with Gasteiger partial charge in [0.1, 0.15) is 5.58 Å². The molecule has 5 nitrogen and oxygen atoms in total. The molecule has 26 heavy (non-hydrogen) atoms. The zero-order valence-corrected chi connectivity index (χ0v) is 16.1. The summed E-state index contributed by atoms with van der Waals surface area (Å²) in [5.74, 6) is -0.361. The Morgan fingerprint density at radius 3 is 2.77 bits per heavy atom. The fraction of sp³-hybridized carbons (Fsp3) is 0.524. The van der Waals surface area contributed by atoms with Gasteiger partial charge in [-0.3, -0.25) is 9.59 Å². The molecule has 2 aromatic rings. The van der Waals surface area contributed by atoms with Gasteiger partial charge in [-0.25, -0.2) is 0 Å². The summed E-state index contributed by atoms with van der Waals surface area (Å²) in [5.41, 5.74) is 5.22. The maximum absolute atomic E-state index is 12.8. The number of fused-ring (bicyclic) bond motifs is 1. The lowest BCUT2D eigenvalue weighted by Gasteiger charge is -2.31. The van der Waals surface area contributed by atoms with Gasteiger partial charge in [0.05, 0.1) is 25.2 Å². The summed E-state index contributed by atoms with van der Waals surface area (Å²) in [6.45, 7) is 9.49. The Morgan fingerprint density at radius 1 is 1.27 bits per heavy atom. The van der Waals surface area contributed by atoms with E-state index in [1.54, 1.807) is 18.1 Å². The average Bonchev–Trinajstić information content (AvgIpc) is 3.04. The molecule has 0 spiro atoms. The van der Waals surface area contributed by atoms with Crippen LogP contribution in [-0.2, 0) is 20.7 Å². The molecule has 1 aliphatic rings. The maximum Gasteiger partial charge on any atom is 0.310 e. The molecule has 3 rings (SSSR count). The number of esters is 1. The number of rotatable bonds is 4. The summed E-state index contributed by atoms with van der Waals surface area (Å²) in [4.78, 5) is 26.6. The quantitative estimate of drug-likeness (QED) is 0.783. The van der Waals surface area contributed by atoms with E-state index in [4.69, 9.17) is 9.15 Å². The van der Waals surface area contributed by atoms with E-state index in [0.717, 1.165) is 40.5 Å². The predicted octanol–water partition coefficient (Wildman–Crippen LogP) is 3.70. The number of amides is 1. The topological polar surface area (TPSA) is 59.8 Å². The van der Waals surface area contributed by atoms with E-state index in [9.17, 15) is 9.59 Å². The van der Waals surface area contributed by atoms with E-state index in [1.165, 1.54) is 5.56 Å². The number of carbonyl (C=O) groups is 2. The summed E-state index contributed by atoms with van der Waals surface area (Å²) in [6, 6.07) is 2.14. The fourth-order valence-corrected chi connectivity index (χ4v) is 3.85. The number of hydrogen-bond donors (Lipinski definition) is 0. The minimum atomic E-state index is -0.208. The minimum Gasteiger partial charge on any atom is -0.466 e. The summed E-state index contributed by atoms with van der Waals surface area (Å²) < 4.78 is 10.9. The first-order valence-electron chi connectivity index (χ1n) is 9.33. The van der Waals surface area contributed by atoms with Crippen LogP contribution >= 0.6 is 0 Å². The first kappa shape index (κ1) is 18.5. The molecule has 0 aliphatic carbocycles. The molecule has 1 aromatic carbocycles. The molecule has 1 aliphatic heterocycles. The van der Waals surface area contributed by atoms with Crippen LogP contribution in [-0.4, -0.2) is 36.5 Å². The second-order valence-corrected chi connectivity index (χ2v) is 7.21. The summed E-state index contributed by atoms with van der Waals surface area (Å²) in [5, 5.41) is 1.04. The van der Waals surface area contributed by atoms with E-state index in [-0.39, 0.29) is 17.8 Å². The molecule has 1 aromatic heterocycles. The van der Waals surface area contributed by atoms with Crippen LogP contribution in [0, 0.1) is 26.7 Å². The molecule has 1 saturated heterocycles. The van der Waals surface area contributed by atoms with Gasteiger partial charge in [-0.2, -0.15) is 0 Å². The van der Waals surface area contributed by atoms with Crippen molar-refractivity contribution in [3.05, 3.63) is 34.6 Å². The van der Waals surface area contributed by atoms with Crippen LogP contribution in [0.4, 0.5) is 0 Å². The number of ether oxygens (including phenoxy) is 1. The molecule has 0 bridgehead atoms. The van der Waals surface area contributed by atoms with Gasteiger partial charge in [0.15, 0.2) is 0 Å². The van der Waals surface area contributed by atoms with Gasteiger partial charge in [-0.15, -0.1) is 0 Å². The Balaban J connectivity index is 1.77. The molecule has 5 heteroatoms. The molecule has 1 amide bonds. The third kappa shape index (κ3) is 3.48. The van der Waals surface area contributed by atoms with Crippen molar-refractivity contribution in [3.63, 3.8) is 0 Å². The van der Waals surface area contributed by atoms with Crippen molar-refractivity contribution in [1.82, 2.24) is 4.90 Å². The smallest absolute Gasteiger partial charge is 0.310 e. The number of carbonyl (C=O) groups excluding carboxylic acids is 2. The molecule has 2 heterocycles. The van der Waals surface area contributed by atoms with E-state index in [0.29, 0.717) is 26.1 Å². The molecule has 0 saturated carbocycles. The lowest BCUT2D eigenvalue weighted by Crippen LogP contribution is -2.43. The van der Waals surface area contributed by atoms with E-state index >= 15 is 0 Å². The van der Waals surface area contributed by atoms with Gasteiger partial charge in [0, 0.05) is 24.0 Å². The second kappa shape index (κ2) is 7.52. The van der Waals surface area contributed by atoms with Crippen LogP contribution < -0.4 is 0 Å². The van der Waals surface area contributed by atoms with Crippen LogP contribution in [0.1, 0.15) is 42.0 Å². The highest BCUT2D eigenvalue weighted by Gasteiger charge is 2.29. The normalized spacial score (nSPS) is 17.5. The van der Waals surface area contributed by atoms with Gasteiger partial charge < -0.3 is 14.1 Å². The van der Waals surface area contributed by atoms with Gasteiger partial charge in [-0.05, 0) is 57.2 Å². The molecule has 0 radical (unpaired) electrons. The number of piperidine rings is 1. The van der Waals surface area contributed by atoms with Gasteiger partial charge in [0.25, 0.3) is 0 Å². The van der Waals surface area contributed by atoms with Crippen LogP contribution in [0.2, 0.25) is 0 Å². The monoisotopic (exact) mass is 357 g/mol. The van der Waals surface area contributed by atoms with Crippen molar-refractivity contribution in [3.8, 4) is 0 Å². The number of nitrogens with zero attached hydrogens (tertiary/aromatic N) is 1. The molecular weight excluding hydrogens is 330 g/mol. The fourth-order valence-electron chi connectivity index (χ4n) is 3.85. The average molecular weight is 357 g/mol. The van der Waals surface area contributed by atoms with Crippen molar-refractivity contribution in [2.45, 2.75) is 47.0 Å². The Kier molecular flexibility index (Phi) is 5.35. The van der Waals surface area contributed by atoms with E-state index in [2.05, 4.69) is 19.9 Å². The summed E-state index contributed by atoms with van der Waals surface area (Å²) >= 11 is 0. The number of furan rings is 1. The van der Waals surface area contributed by atoms with Crippen LogP contribution in [0.3, 0.4) is 0 Å². The number of benzene rings is 1. The van der Waals surface area contributed by atoms with E-state index < -0.39 is 0 Å². The van der Waals surface area contributed by atoms with Crippen molar-refractivity contribution in [1.29, 1.82) is 0 Å². The number of hydrogen-bond acceptors (Lipinski definition) is 4. The van der Waals surface area contributed by atoms with Gasteiger partial charge in [-0.1, -0.05) is 6.07 Å². The predicted molar refractivity (Wildman–Crippen MR) is 100 cm³/mol. The lowest BCUT2D eigenvalue weighted by molar-refractivity contribution is -0.151. The highest BCUT2D eigenvalue weighted by Crippen LogP contribution is 2.30. The minimum absolute atomic E-state index is 0.0410. The first-order valence-corrected chi connectivity index (χ1v) is 9.33.